The zero-order valence-electron chi connectivity index (χ0n) is 10.2. The lowest BCUT2D eigenvalue weighted by atomic mass is 9.87. The highest BCUT2D eigenvalue weighted by Gasteiger charge is 2.21. The van der Waals surface area contributed by atoms with E-state index in [1.807, 2.05) is 43.3 Å². The van der Waals surface area contributed by atoms with E-state index in [-0.39, 0.29) is 5.75 Å². The number of halogens is 1. The van der Waals surface area contributed by atoms with E-state index < -0.39 is 5.54 Å². The van der Waals surface area contributed by atoms with Crippen molar-refractivity contribution in [2.75, 3.05) is 0 Å². The minimum atomic E-state index is -0.419. The highest BCUT2D eigenvalue weighted by atomic mass is 79.9. The average Bonchev–Trinajstić information content (AvgIpc) is 2.32. The summed E-state index contributed by atoms with van der Waals surface area (Å²) in [5.74, 6) is 0.279. The fourth-order valence-electron chi connectivity index (χ4n) is 1.97. The Bertz CT molecular complexity index is 517. The van der Waals surface area contributed by atoms with Gasteiger partial charge in [-0.25, -0.2) is 0 Å². The minimum Gasteiger partial charge on any atom is -0.508 e. The predicted molar refractivity (Wildman–Crippen MR) is 77.5 cm³/mol. The molecule has 3 heteroatoms. The fourth-order valence-corrected chi connectivity index (χ4v) is 2.23. The van der Waals surface area contributed by atoms with Crippen LogP contribution in [0.15, 0.2) is 53.0 Å². The molecule has 0 radical (unpaired) electrons. The number of rotatable bonds is 3. The van der Waals surface area contributed by atoms with Crippen LogP contribution in [-0.4, -0.2) is 5.11 Å². The molecule has 0 heterocycles. The molecule has 2 aromatic rings. The second kappa shape index (κ2) is 5.12. The molecule has 2 rings (SSSR count). The van der Waals surface area contributed by atoms with E-state index in [2.05, 4.69) is 15.9 Å². The molecule has 2 nitrogen and oxygen atoms in total. The summed E-state index contributed by atoms with van der Waals surface area (Å²) in [4.78, 5) is 0. The molecule has 2 aromatic carbocycles. The number of phenolic OH excluding ortho intramolecular Hbond substituents is 1. The summed E-state index contributed by atoms with van der Waals surface area (Å²) in [5, 5.41) is 9.27. The van der Waals surface area contributed by atoms with Crippen LogP contribution in [0.3, 0.4) is 0 Å². The van der Waals surface area contributed by atoms with Crippen LogP contribution < -0.4 is 5.73 Å². The summed E-state index contributed by atoms with van der Waals surface area (Å²) in [7, 11) is 0. The van der Waals surface area contributed by atoms with Crippen molar-refractivity contribution in [2.45, 2.75) is 18.9 Å². The van der Waals surface area contributed by atoms with Gasteiger partial charge in [0, 0.05) is 10.0 Å². The van der Waals surface area contributed by atoms with Crippen LogP contribution in [0.5, 0.6) is 5.75 Å². The highest BCUT2D eigenvalue weighted by molar-refractivity contribution is 9.10. The monoisotopic (exact) mass is 305 g/mol. The molecule has 0 bridgehead atoms. The fraction of sp³-hybridized carbons (Fsp3) is 0.200. The zero-order chi connectivity index (χ0) is 13.2. The van der Waals surface area contributed by atoms with Gasteiger partial charge >= 0.3 is 0 Å². The molecule has 1 atom stereocenters. The Morgan fingerprint density at radius 3 is 2.17 bits per heavy atom. The lowest BCUT2D eigenvalue weighted by Crippen LogP contribution is -2.35. The van der Waals surface area contributed by atoms with Crippen LogP contribution in [0.2, 0.25) is 0 Å². The smallest absolute Gasteiger partial charge is 0.115 e. The topological polar surface area (TPSA) is 46.2 Å². The van der Waals surface area contributed by atoms with Gasteiger partial charge in [0.05, 0.1) is 0 Å². The summed E-state index contributed by atoms with van der Waals surface area (Å²) < 4.78 is 1.05. The SMILES string of the molecule is CC(N)(Cc1ccc(O)cc1)c1ccc(Br)cc1. The van der Waals surface area contributed by atoms with Crippen molar-refractivity contribution in [3.63, 3.8) is 0 Å². The van der Waals surface area contributed by atoms with Gasteiger partial charge in [-0.2, -0.15) is 0 Å². The lowest BCUT2D eigenvalue weighted by molar-refractivity contribution is 0.472. The number of aromatic hydroxyl groups is 1. The minimum absolute atomic E-state index is 0.279. The van der Waals surface area contributed by atoms with Gasteiger partial charge in [0.15, 0.2) is 0 Å². The third-order valence-corrected chi connectivity index (χ3v) is 3.54. The average molecular weight is 306 g/mol. The predicted octanol–water partition coefficient (Wildman–Crippen LogP) is 3.57. The summed E-state index contributed by atoms with van der Waals surface area (Å²) >= 11 is 3.42. The van der Waals surface area contributed by atoms with Gasteiger partial charge in [0.2, 0.25) is 0 Å². The van der Waals surface area contributed by atoms with Gasteiger partial charge in [-0.1, -0.05) is 40.2 Å². The zero-order valence-corrected chi connectivity index (χ0v) is 11.8. The number of nitrogens with two attached hydrogens (primary N) is 1. The van der Waals surface area contributed by atoms with Crippen molar-refractivity contribution in [1.82, 2.24) is 0 Å². The van der Waals surface area contributed by atoms with Crippen molar-refractivity contribution in [2.24, 2.45) is 5.73 Å². The van der Waals surface area contributed by atoms with Gasteiger partial charge in [-0.15, -0.1) is 0 Å². The van der Waals surface area contributed by atoms with E-state index >= 15 is 0 Å². The molecule has 0 amide bonds. The van der Waals surface area contributed by atoms with Crippen LogP contribution in [0.1, 0.15) is 18.1 Å². The molecule has 0 spiro atoms. The molecule has 94 valence electrons. The van der Waals surface area contributed by atoms with Crippen LogP contribution >= 0.6 is 15.9 Å². The molecular weight excluding hydrogens is 290 g/mol. The first-order valence-electron chi connectivity index (χ1n) is 5.80. The van der Waals surface area contributed by atoms with Crippen molar-refractivity contribution in [3.8, 4) is 5.75 Å². The summed E-state index contributed by atoms with van der Waals surface area (Å²) in [6.45, 7) is 2.02. The quantitative estimate of drug-likeness (QED) is 0.910. The summed E-state index contributed by atoms with van der Waals surface area (Å²) in [6.07, 6.45) is 0.731. The first-order chi connectivity index (χ1) is 8.47. The third-order valence-electron chi connectivity index (χ3n) is 3.01. The van der Waals surface area contributed by atoms with Crippen LogP contribution in [-0.2, 0) is 12.0 Å². The summed E-state index contributed by atoms with van der Waals surface area (Å²) in [5.41, 5.74) is 8.17. The summed E-state index contributed by atoms with van der Waals surface area (Å²) in [6, 6.07) is 15.2. The van der Waals surface area contributed by atoms with E-state index in [0.29, 0.717) is 0 Å². The Labute approximate surface area is 116 Å². The molecule has 0 aliphatic heterocycles. The number of phenols is 1. The van der Waals surface area contributed by atoms with Gasteiger partial charge < -0.3 is 10.8 Å². The van der Waals surface area contributed by atoms with Gasteiger partial charge in [0.25, 0.3) is 0 Å². The third kappa shape index (κ3) is 3.12. The van der Waals surface area contributed by atoms with Gasteiger partial charge in [0.1, 0.15) is 5.75 Å². The molecule has 0 saturated carbocycles. The first kappa shape index (κ1) is 13.1. The van der Waals surface area contributed by atoms with Crippen LogP contribution in [0.4, 0.5) is 0 Å². The Morgan fingerprint density at radius 1 is 1.06 bits per heavy atom. The maximum Gasteiger partial charge on any atom is 0.115 e. The Kier molecular flexibility index (Phi) is 3.73. The van der Waals surface area contributed by atoms with Crippen LogP contribution in [0, 0.1) is 0 Å². The maximum atomic E-state index is 9.27. The number of benzene rings is 2. The van der Waals surface area contributed by atoms with E-state index in [1.165, 1.54) is 0 Å². The van der Waals surface area contributed by atoms with Crippen LogP contribution in [0.25, 0.3) is 0 Å². The largest absolute Gasteiger partial charge is 0.508 e. The van der Waals surface area contributed by atoms with Crippen molar-refractivity contribution in [3.05, 3.63) is 64.1 Å². The van der Waals surface area contributed by atoms with Crippen molar-refractivity contribution < 1.29 is 5.11 Å². The van der Waals surface area contributed by atoms with E-state index in [0.717, 1.165) is 22.0 Å². The molecule has 0 aromatic heterocycles. The molecule has 0 aliphatic rings. The molecule has 18 heavy (non-hydrogen) atoms. The van der Waals surface area contributed by atoms with Gasteiger partial charge in [-0.3, -0.25) is 0 Å². The standard InChI is InChI=1S/C15H16BrNO/c1-15(17,12-4-6-13(16)7-5-12)10-11-2-8-14(18)9-3-11/h2-9,18H,10,17H2,1H3. The number of hydrogen-bond acceptors (Lipinski definition) is 2. The Morgan fingerprint density at radius 2 is 1.61 bits per heavy atom. The first-order valence-corrected chi connectivity index (χ1v) is 6.59. The second-order valence-electron chi connectivity index (χ2n) is 4.77. The lowest BCUT2D eigenvalue weighted by Gasteiger charge is -2.25. The Hall–Kier alpha value is -1.32. The maximum absolute atomic E-state index is 9.27. The van der Waals surface area contributed by atoms with E-state index in [1.54, 1.807) is 12.1 Å². The molecule has 3 N–H and O–H groups in total. The van der Waals surface area contributed by atoms with Crippen molar-refractivity contribution >= 4 is 15.9 Å². The molecule has 0 aliphatic carbocycles. The van der Waals surface area contributed by atoms with E-state index in [4.69, 9.17) is 5.73 Å². The van der Waals surface area contributed by atoms with Gasteiger partial charge in [-0.05, 0) is 48.7 Å². The van der Waals surface area contributed by atoms with E-state index in [9.17, 15) is 5.11 Å². The van der Waals surface area contributed by atoms with Crippen molar-refractivity contribution in [1.29, 1.82) is 0 Å². The normalized spacial score (nSPS) is 14.2. The molecule has 1 unspecified atom stereocenters. The number of hydrogen-bond donors (Lipinski definition) is 2. The molecule has 0 fully saturated rings. The Balaban J connectivity index is 2.20. The molecular formula is C15H16BrNO. The second-order valence-corrected chi connectivity index (χ2v) is 5.68. The highest BCUT2D eigenvalue weighted by Crippen LogP contribution is 2.25. The molecule has 0 saturated heterocycles.